The van der Waals surface area contributed by atoms with Crippen molar-refractivity contribution >= 4 is 15.7 Å². The molecular weight excluding hydrogens is 424 g/mol. The van der Waals surface area contributed by atoms with E-state index in [9.17, 15) is 8.42 Å². The summed E-state index contributed by atoms with van der Waals surface area (Å²) in [6.45, 7) is 0. The maximum absolute atomic E-state index is 13.6. The molecule has 5 aromatic rings. The number of hydrogen-bond donors (Lipinski definition) is 1. The van der Waals surface area contributed by atoms with Crippen molar-refractivity contribution in [1.29, 1.82) is 0 Å². The van der Waals surface area contributed by atoms with Crippen molar-refractivity contribution in [2.24, 2.45) is 0 Å². The third-order valence-corrected chi connectivity index (χ3v) is 6.62. The van der Waals surface area contributed by atoms with Gasteiger partial charge in [-0.15, -0.1) is 0 Å². The molecule has 0 aliphatic carbocycles. The van der Waals surface area contributed by atoms with Crippen molar-refractivity contribution in [2.45, 2.75) is 4.90 Å². The first-order valence-electron chi connectivity index (χ1n) is 9.79. The Balaban J connectivity index is 1.64. The lowest BCUT2D eigenvalue weighted by Gasteiger charge is -2.24. The van der Waals surface area contributed by atoms with E-state index >= 15 is 0 Å². The van der Waals surface area contributed by atoms with Gasteiger partial charge in [0.05, 0.1) is 28.7 Å². The Morgan fingerprint density at radius 3 is 2.41 bits per heavy atom. The van der Waals surface area contributed by atoms with E-state index in [1.807, 2.05) is 24.4 Å². The first-order chi connectivity index (χ1) is 15.6. The van der Waals surface area contributed by atoms with Gasteiger partial charge in [0.1, 0.15) is 0 Å². The van der Waals surface area contributed by atoms with Crippen molar-refractivity contribution < 1.29 is 8.42 Å². The van der Waals surface area contributed by atoms with Gasteiger partial charge in [-0.3, -0.25) is 10.1 Å². The molecule has 0 aliphatic heterocycles. The number of aromatic amines is 1. The van der Waals surface area contributed by atoms with Crippen LogP contribution in [0.1, 0.15) is 0 Å². The quantitative estimate of drug-likeness (QED) is 0.429. The molecule has 0 amide bonds. The van der Waals surface area contributed by atoms with Gasteiger partial charge < -0.3 is 0 Å². The molecule has 1 N–H and O–H groups in total. The minimum Gasteiger partial charge on any atom is -0.284 e. The van der Waals surface area contributed by atoms with Crippen LogP contribution in [0.5, 0.6) is 0 Å². The van der Waals surface area contributed by atoms with Crippen LogP contribution >= 0.6 is 0 Å². The number of rotatable bonds is 6. The van der Waals surface area contributed by atoms with E-state index in [-0.39, 0.29) is 4.90 Å². The molecule has 0 unspecified atom stereocenters. The lowest BCUT2D eigenvalue weighted by Crippen LogP contribution is -2.36. The normalized spacial score (nSPS) is 11.4. The van der Waals surface area contributed by atoms with E-state index in [2.05, 4.69) is 20.3 Å². The summed E-state index contributed by atoms with van der Waals surface area (Å²) in [6.07, 6.45) is 8.36. The summed E-state index contributed by atoms with van der Waals surface area (Å²) in [7, 11) is -3.93. The molecule has 2 aromatic carbocycles. The lowest BCUT2D eigenvalue weighted by atomic mass is 10.0. The smallest absolute Gasteiger partial charge is 0.283 e. The number of nitrogens with zero attached hydrogens (tertiary/aromatic N) is 5. The highest BCUT2D eigenvalue weighted by atomic mass is 32.2. The fraction of sp³-hybridized carbons (Fsp3) is 0. The monoisotopic (exact) mass is 442 g/mol. The SMILES string of the molecule is O=S(=O)(c1ccccc1)N(c1cccc(-c2n[nH]cc2-c2ccncc2)c1)n1cccn1. The molecule has 9 heteroatoms. The van der Waals surface area contributed by atoms with Crippen molar-refractivity contribution in [3.63, 3.8) is 0 Å². The number of aromatic nitrogens is 5. The summed E-state index contributed by atoms with van der Waals surface area (Å²) in [4.78, 5) is 5.53. The number of benzene rings is 2. The zero-order valence-electron chi connectivity index (χ0n) is 16.8. The largest absolute Gasteiger partial charge is 0.284 e. The van der Waals surface area contributed by atoms with Crippen molar-refractivity contribution in [3.05, 3.63) is 104 Å². The van der Waals surface area contributed by atoms with Crippen molar-refractivity contribution in [3.8, 4) is 22.4 Å². The summed E-state index contributed by atoms with van der Waals surface area (Å²) in [5.74, 6) is 0. The molecule has 0 atom stereocenters. The fourth-order valence-corrected chi connectivity index (χ4v) is 4.87. The number of sulfonamides is 1. The molecule has 158 valence electrons. The molecule has 0 bridgehead atoms. The molecule has 5 rings (SSSR count). The minimum absolute atomic E-state index is 0.165. The van der Waals surface area contributed by atoms with Gasteiger partial charge in [0, 0.05) is 29.7 Å². The second-order valence-electron chi connectivity index (χ2n) is 6.92. The minimum atomic E-state index is -3.93. The molecule has 0 radical (unpaired) electrons. The molecule has 0 aliphatic rings. The number of anilines is 1. The van der Waals surface area contributed by atoms with Gasteiger partial charge in [-0.1, -0.05) is 30.3 Å². The van der Waals surface area contributed by atoms with Crippen molar-refractivity contribution in [2.75, 3.05) is 4.41 Å². The predicted octanol–water partition coefficient (Wildman–Crippen LogP) is 3.99. The standard InChI is InChI=1S/C23H18N6O2S/c30-32(31,21-8-2-1-3-9-21)29(28-15-5-12-26-28)20-7-4-6-19(16-20)23-22(17-25-27-23)18-10-13-24-14-11-18/h1-17H,(H,25,27). The maximum atomic E-state index is 13.6. The highest BCUT2D eigenvalue weighted by Gasteiger charge is 2.27. The summed E-state index contributed by atoms with van der Waals surface area (Å²) in [5.41, 5.74) is 3.74. The molecular formula is C23H18N6O2S. The van der Waals surface area contributed by atoms with E-state index in [0.29, 0.717) is 11.4 Å². The number of hydrogen-bond acceptors (Lipinski definition) is 5. The van der Waals surface area contributed by atoms with Gasteiger partial charge in [0.15, 0.2) is 0 Å². The van der Waals surface area contributed by atoms with Crippen LogP contribution in [0.15, 0.2) is 109 Å². The van der Waals surface area contributed by atoms with Gasteiger partial charge >= 0.3 is 0 Å². The van der Waals surface area contributed by atoms with E-state index < -0.39 is 10.0 Å². The number of pyridine rings is 1. The Bertz CT molecular complexity index is 1430. The molecule has 0 saturated carbocycles. The topological polar surface area (TPSA) is 96.8 Å². The number of H-pyrrole nitrogens is 1. The Kier molecular flexibility index (Phi) is 5.00. The first kappa shape index (κ1) is 19.7. The van der Waals surface area contributed by atoms with Crippen LogP contribution in [0.4, 0.5) is 5.69 Å². The molecule has 8 nitrogen and oxygen atoms in total. The van der Waals surface area contributed by atoms with E-state index in [1.54, 1.807) is 73.2 Å². The number of nitrogens with one attached hydrogen (secondary N) is 1. The average Bonchev–Trinajstić information content (AvgIpc) is 3.53. The average molecular weight is 443 g/mol. The first-order valence-corrected chi connectivity index (χ1v) is 11.2. The summed E-state index contributed by atoms with van der Waals surface area (Å²) in [5, 5.41) is 11.5. The molecule has 0 spiro atoms. The maximum Gasteiger partial charge on any atom is 0.283 e. The summed E-state index contributed by atoms with van der Waals surface area (Å²) >= 11 is 0. The van der Waals surface area contributed by atoms with Gasteiger partial charge in [-0.2, -0.15) is 27.8 Å². The Labute approximate surface area is 184 Å². The van der Waals surface area contributed by atoms with E-state index in [1.165, 1.54) is 15.4 Å². The van der Waals surface area contributed by atoms with Crippen LogP contribution in [0.2, 0.25) is 0 Å². The molecule has 0 saturated heterocycles. The van der Waals surface area contributed by atoms with Crippen LogP contribution in [0, 0.1) is 0 Å². The summed E-state index contributed by atoms with van der Waals surface area (Å²) < 4.78 is 28.3. The van der Waals surface area contributed by atoms with Crippen molar-refractivity contribution in [1.82, 2.24) is 25.1 Å². The Morgan fingerprint density at radius 1 is 0.844 bits per heavy atom. The molecule has 32 heavy (non-hydrogen) atoms. The summed E-state index contributed by atoms with van der Waals surface area (Å²) in [6, 6.07) is 20.9. The van der Waals surface area contributed by atoms with Crippen LogP contribution in [0.25, 0.3) is 22.4 Å². The predicted molar refractivity (Wildman–Crippen MR) is 121 cm³/mol. The van der Waals surface area contributed by atoms with E-state index in [4.69, 9.17) is 0 Å². The van der Waals surface area contributed by atoms with Crippen LogP contribution < -0.4 is 4.41 Å². The molecule has 3 heterocycles. The van der Waals surface area contributed by atoms with E-state index in [0.717, 1.165) is 16.7 Å². The second-order valence-corrected chi connectivity index (χ2v) is 8.69. The third kappa shape index (κ3) is 3.54. The molecule has 3 aromatic heterocycles. The highest BCUT2D eigenvalue weighted by Crippen LogP contribution is 2.33. The highest BCUT2D eigenvalue weighted by molar-refractivity contribution is 7.92. The third-order valence-electron chi connectivity index (χ3n) is 4.92. The lowest BCUT2D eigenvalue weighted by molar-refractivity contribution is 0.575. The fourth-order valence-electron chi connectivity index (χ4n) is 3.46. The Morgan fingerprint density at radius 2 is 1.66 bits per heavy atom. The van der Waals surface area contributed by atoms with Crippen LogP contribution in [0.3, 0.4) is 0 Å². The van der Waals surface area contributed by atoms with Gasteiger partial charge in [0.25, 0.3) is 10.0 Å². The zero-order chi connectivity index (χ0) is 22.0. The van der Waals surface area contributed by atoms with Gasteiger partial charge in [0.2, 0.25) is 0 Å². The second kappa shape index (κ2) is 8.12. The molecule has 0 fully saturated rings. The van der Waals surface area contributed by atoms with Gasteiger partial charge in [-0.05, 0) is 48.0 Å². The zero-order valence-corrected chi connectivity index (χ0v) is 17.6. The van der Waals surface area contributed by atoms with Crippen LogP contribution in [-0.2, 0) is 10.0 Å². The van der Waals surface area contributed by atoms with Crippen LogP contribution in [-0.4, -0.2) is 33.5 Å². The Hall–Kier alpha value is -4.24. The van der Waals surface area contributed by atoms with Gasteiger partial charge in [-0.25, -0.2) is 0 Å².